The van der Waals surface area contributed by atoms with Crippen molar-refractivity contribution in [3.8, 4) is 0 Å². The second-order valence-electron chi connectivity index (χ2n) is 3.19. The highest BCUT2D eigenvalue weighted by Crippen LogP contribution is 2.20. The van der Waals surface area contributed by atoms with Crippen molar-refractivity contribution in [2.24, 2.45) is 0 Å². The van der Waals surface area contributed by atoms with Gasteiger partial charge in [0.1, 0.15) is 6.61 Å². The Bertz CT molecular complexity index is 295. The standard InChI is InChI=1S/C12H16O3/c1-3-11(15-9-12(13)14-2)10-7-5-4-6-8-10/h4-8,11H,3,9H2,1-2H3. The van der Waals surface area contributed by atoms with E-state index in [4.69, 9.17) is 4.74 Å². The van der Waals surface area contributed by atoms with Crippen molar-refractivity contribution in [3.05, 3.63) is 35.9 Å². The molecule has 3 heteroatoms. The Labute approximate surface area is 90.0 Å². The van der Waals surface area contributed by atoms with Crippen LogP contribution >= 0.6 is 0 Å². The van der Waals surface area contributed by atoms with Crippen molar-refractivity contribution in [1.82, 2.24) is 0 Å². The molecule has 0 saturated carbocycles. The van der Waals surface area contributed by atoms with Crippen molar-refractivity contribution in [3.63, 3.8) is 0 Å². The van der Waals surface area contributed by atoms with Gasteiger partial charge in [0, 0.05) is 0 Å². The second kappa shape index (κ2) is 6.19. The zero-order chi connectivity index (χ0) is 11.1. The summed E-state index contributed by atoms with van der Waals surface area (Å²) in [7, 11) is 1.36. The van der Waals surface area contributed by atoms with Crippen molar-refractivity contribution in [1.29, 1.82) is 0 Å². The minimum Gasteiger partial charge on any atom is -0.467 e. The van der Waals surface area contributed by atoms with Crippen LogP contribution in [0.1, 0.15) is 25.0 Å². The van der Waals surface area contributed by atoms with E-state index in [0.29, 0.717) is 0 Å². The number of methoxy groups -OCH3 is 1. The summed E-state index contributed by atoms with van der Waals surface area (Å²) in [6, 6.07) is 9.85. The van der Waals surface area contributed by atoms with Gasteiger partial charge >= 0.3 is 5.97 Å². The molecule has 0 aliphatic heterocycles. The molecule has 15 heavy (non-hydrogen) atoms. The molecule has 0 aromatic heterocycles. The van der Waals surface area contributed by atoms with Gasteiger partial charge in [-0.2, -0.15) is 0 Å². The molecule has 0 aliphatic rings. The number of hydrogen-bond acceptors (Lipinski definition) is 3. The molecule has 0 radical (unpaired) electrons. The highest BCUT2D eigenvalue weighted by Gasteiger charge is 2.11. The number of hydrogen-bond donors (Lipinski definition) is 0. The first-order valence-corrected chi connectivity index (χ1v) is 5.01. The summed E-state index contributed by atoms with van der Waals surface area (Å²) in [5.74, 6) is -0.343. The molecule has 1 rings (SSSR count). The average molecular weight is 208 g/mol. The first-order chi connectivity index (χ1) is 7.27. The van der Waals surface area contributed by atoms with Crippen LogP contribution in [-0.2, 0) is 14.3 Å². The first kappa shape index (κ1) is 11.7. The van der Waals surface area contributed by atoms with Crippen molar-refractivity contribution >= 4 is 5.97 Å². The third-order valence-corrected chi connectivity index (χ3v) is 2.17. The number of benzene rings is 1. The second-order valence-corrected chi connectivity index (χ2v) is 3.19. The number of rotatable bonds is 5. The van der Waals surface area contributed by atoms with E-state index in [1.807, 2.05) is 37.3 Å². The summed E-state index contributed by atoms with van der Waals surface area (Å²) >= 11 is 0. The predicted molar refractivity (Wildman–Crippen MR) is 57.4 cm³/mol. The van der Waals surface area contributed by atoms with E-state index in [9.17, 15) is 4.79 Å². The Morgan fingerprint density at radius 1 is 1.33 bits per heavy atom. The summed E-state index contributed by atoms with van der Waals surface area (Å²) in [6.45, 7) is 2.03. The normalized spacial score (nSPS) is 12.1. The number of esters is 1. The molecule has 1 aromatic rings. The third kappa shape index (κ3) is 3.72. The summed E-state index contributed by atoms with van der Waals surface area (Å²) in [6.07, 6.45) is 0.798. The van der Waals surface area contributed by atoms with Crippen LogP contribution in [0.25, 0.3) is 0 Å². The van der Waals surface area contributed by atoms with Crippen LogP contribution in [0.2, 0.25) is 0 Å². The van der Waals surface area contributed by atoms with E-state index in [2.05, 4.69) is 4.74 Å². The van der Waals surface area contributed by atoms with Crippen LogP contribution in [0.4, 0.5) is 0 Å². The van der Waals surface area contributed by atoms with Gasteiger partial charge < -0.3 is 9.47 Å². The van der Waals surface area contributed by atoms with Crippen LogP contribution in [-0.4, -0.2) is 19.7 Å². The maximum atomic E-state index is 10.9. The maximum absolute atomic E-state index is 10.9. The van der Waals surface area contributed by atoms with Gasteiger partial charge in [-0.1, -0.05) is 37.3 Å². The fourth-order valence-corrected chi connectivity index (χ4v) is 1.35. The number of ether oxygens (including phenoxy) is 2. The molecule has 3 nitrogen and oxygen atoms in total. The van der Waals surface area contributed by atoms with Gasteiger partial charge in [-0.3, -0.25) is 0 Å². The molecule has 1 unspecified atom stereocenters. The molecule has 0 heterocycles. The fraction of sp³-hybridized carbons (Fsp3) is 0.417. The minimum atomic E-state index is -0.343. The third-order valence-electron chi connectivity index (χ3n) is 2.17. The monoisotopic (exact) mass is 208 g/mol. The van der Waals surface area contributed by atoms with Gasteiger partial charge in [0.2, 0.25) is 0 Å². The van der Waals surface area contributed by atoms with Crippen LogP contribution < -0.4 is 0 Å². The molecule has 0 aliphatic carbocycles. The van der Waals surface area contributed by atoms with Gasteiger partial charge in [-0.15, -0.1) is 0 Å². The van der Waals surface area contributed by atoms with E-state index in [-0.39, 0.29) is 18.7 Å². The maximum Gasteiger partial charge on any atom is 0.331 e. The molecular weight excluding hydrogens is 192 g/mol. The van der Waals surface area contributed by atoms with E-state index in [1.54, 1.807) is 0 Å². The lowest BCUT2D eigenvalue weighted by Crippen LogP contribution is -2.13. The van der Waals surface area contributed by atoms with Crippen molar-refractivity contribution in [2.45, 2.75) is 19.4 Å². The Kier molecular flexibility index (Phi) is 4.84. The predicted octanol–water partition coefficient (Wildman–Crippen LogP) is 2.33. The molecule has 0 bridgehead atoms. The van der Waals surface area contributed by atoms with E-state index < -0.39 is 0 Å². The van der Waals surface area contributed by atoms with Crippen LogP contribution in [0.3, 0.4) is 0 Å². The molecule has 0 amide bonds. The smallest absolute Gasteiger partial charge is 0.331 e. The fourth-order valence-electron chi connectivity index (χ4n) is 1.35. The average Bonchev–Trinajstić information content (AvgIpc) is 2.31. The molecule has 0 N–H and O–H groups in total. The summed E-state index contributed by atoms with van der Waals surface area (Å²) < 4.78 is 9.97. The molecule has 1 aromatic carbocycles. The Morgan fingerprint density at radius 3 is 2.53 bits per heavy atom. The lowest BCUT2D eigenvalue weighted by molar-refractivity contribution is -0.148. The van der Waals surface area contributed by atoms with E-state index in [0.717, 1.165) is 12.0 Å². The molecule has 1 atom stereocenters. The number of carbonyl (C=O) groups is 1. The quantitative estimate of drug-likeness (QED) is 0.697. The van der Waals surface area contributed by atoms with E-state index in [1.165, 1.54) is 7.11 Å². The molecular formula is C12H16O3. The minimum absolute atomic E-state index is 0.00387. The topological polar surface area (TPSA) is 35.5 Å². The highest BCUT2D eigenvalue weighted by molar-refractivity contribution is 5.70. The van der Waals surface area contributed by atoms with Crippen molar-refractivity contribution in [2.75, 3.05) is 13.7 Å². The Hall–Kier alpha value is -1.35. The molecule has 0 fully saturated rings. The van der Waals surface area contributed by atoms with Gasteiger partial charge in [0.25, 0.3) is 0 Å². The van der Waals surface area contributed by atoms with E-state index >= 15 is 0 Å². The Morgan fingerprint density at radius 2 is 2.00 bits per heavy atom. The van der Waals surface area contributed by atoms with Gasteiger partial charge in [0.05, 0.1) is 13.2 Å². The van der Waals surface area contributed by atoms with Crippen LogP contribution in [0.15, 0.2) is 30.3 Å². The molecule has 82 valence electrons. The van der Waals surface area contributed by atoms with Crippen LogP contribution in [0.5, 0.6) is 0 Å². The molecule has 0 spiro atoms. The van der Waals surface area contributed by atoms with Gasteiger partial charge in [-0.25, -0.2) is 4.79 Å². The summed E-state index contributed by atoms with van der Waals surface area (Å²) in [5, 5.41) is 0. The summed E-state index contributed by atoms with van der Waals surface area (Å²) in [4.78, 5) is 10.9. The lowest BCUT2D eigenvalue weighted by atomic mass is 10.1. The number of carbonyl (C=O) groups excluding carboxylic acids is 1. The largest absolute Gasteiger partial charge is 0.467 e. The first-order valence-electron chi connectivity index (χ1n) is 5.01. The summed E-state index contributed by atoms with van der Waals surface area (Å²) in [5.41, 5.74) is 1.09. The molecule has 0 saturated heterocycles. The van der Waals surface area contributed by atoms with Gasteiger partial charge in [-0.05, 0) is 12.0 Å². The highest BCUT2D eigenvalue weighted by atomic mass is 16.6. The SMILES string of the molecule is CCC(OCC(=O)OC)c1ccccc1. The van der Waals surface area contributed by atoms with Gasteiger partial charge in [0.15, 0.2) is 0 Å². The Balaban J connectivity index is 2.53. The lowest BCUT2D eigenvalue weighted by Gasteiger charge is -2.15. The van der Waals surface area contributed by atoms with Crippen LogP contribution in [0, 0.1) is 0 Å². The van der Waals surface area contributed by atoms with Crippen molar-refractivity contribution < 1.29 is 14.3 Å². The zero-order valence-electron chi connectivity index (χ0n) is 9.10. The zero-order valence-corrected chi connectivity index (χ0v) is 9.10.